The van der Waals surface area contributed by atoms with Crippen molar-refractivity contribution in [2.24, 2.45) is 5.14 Å². The first-order chi connectivity index (χ1) is 10.3. The molecule has 0 aliphatic carbocycles. The van der Waals surface area contributed by atoms with Crippen molar-refractivity contribution in [1.29, 1.82) is 0 Å². The van der Waals surface area contributed by atoms with Crippen LogP contribution in [0, 0.1) is 5.82 Å². The van der Waals surface area contributed by atoms with Gasteiger partial charge in [-0.2, -0.15) is 8.42 Å². The molecule has 3 N–H and O–H groups in total. The van der Waals surface area contributed by atoms with Crippen LogP contribution in [-0.2, 0) is 10.2 Å². The van der Waals surface area contributed by atoms with Crippen LogP contribution in [0.2, 0.25) is 5.02 Å². The van der Waals surface area contributed by atoms with Crippen molar-refractivity contribution in [3.05, 3.63) is 58.9 Å². The number of benzene rings is 2. The maximum Gasteiger partial charge on any atom is 0.298 e. The summed E-state index contributed by atoms with van der Waals surface area (Å²) in [6, 6.07) is 9.31. The fraction of sp³-hybridized carbons (Fsp3) is 0. The highest BCUT2D eigenvalue weighted by Gasteiger charge is 2.17. The predicted molar refractivity (Wildman–Crippen MR) is 78.5 cm³/mol. The Morgan fingerprint density at radius 1 is 1.18 bits per heavy atom. The van der Waals surface area contributed by atoms with E-state index in [1.807, 2.05) is 0 Å². The van der Waals surface area contributed by atoms with Gasteiger partial charge in [-0.25, -0.2) is 14.3 Å². The quantitative estimate of drug-likeness (QED) is 0.888. The fourth-order valence-electron chi connectivity index (χ4n) is 1.60. The first-order valence-electron chi connectivity index (χ1n) is 5.83. The summed E-state index contributed by atoms with van der Waals surface area (Å²) in [7, 11) is -4.21. The molecule has 0 aliphatic heterocycles. The van der Waals surface area contributed by atoms with Gasteiger partial charge in [0.15, 0.2) is 0 Å². The highest BCUT2D eigenvalue weighted by Crippen LogP contribution is 2.31. The molecule has 0 radical (unpaired) electrons. The number of carbonyl (C=O) groups excluding carboxylic acids is 1. The van der Waals surface area contributed by atoms with Crippen LogP contribution >= 0.6 is 11.6 Å². The fourth-order valence-corrected chi connectivity index (χ4v) is 2.18. The predicted octanol–water partition coefficient (Wildman–Crippen LogP) is 2.20. The number of amides is 1. The Kier molecular flexibility index (Phi) is 4.65. The van der Waals surface area contributed by atoms with Crippen LogP contribution < -0.4 is 14.6 Å². The third kappa shape index (κ3) is 4.17. The van der Waals surface area contributed by atoms with Crippen LogP contribution in [0.25, 0.3) is 0 Å². The molecule has 0 fully saturated rings. The molecule has 0 saturated carbocycles. The monoisotopic (exact) mass is 344 g/mol. The average Bonchev–Trinajstić information content (AvgIpc) is 2.40. The Balaban J connectivity index is 2.34. The second-order valence-corrected chi connectivity index (χ2v) is 5.85. The standard InChI is InChI=1S/C13H10ClFN2O4S/c14-10-7-8(15)5-6-12(10)21-11-4-2-1-3-9(11)13(18)17-22(16,19)20/h1-7H,(H,17,18)(H2,16,19,20). The molecule has 6 nitrogen and oxygen atoms in total. The summed E-state index contributed by atoms with van der Waals surface area (Å²) in [6.45, 7) is 0. The van der Waals surface area contributed by atoms with Crippen molar-refractivity contribution in [2.45, 2.75) is 0 Å². The topological polar surface area (TPSA) is 98.5 Å². The summed E-state index contributed by atoms with van der Waals surface area (Å²) >= 11 is 5.84. The van der Waals surface area contributed by atoms with Gasteiger partial charge < -0.3 is 4.74 Å². The number of nitrogens with two attached hydrogens (primary N) is 1. The van der Waals surface area contributed by atoms with E-state index >= 15 is 0 Å². The maximum absolute atomic E-state index is 13.0. The van der Waals surface area contributed by atoms with Gasteiger partial charge in [0.05, 0.1) is 10.6 Å². The lowest BCUT2D eigenvalue weighted by molar-refractivity contribution is 0.0979. The summed E-state index contributed by atoms with van der Waals surface area (Å²) in [5.41, 5.74) is -0.0723. The van der Waals surface area contributed by atoms with Crippen molar-refractivity contribution in [1.82, 2.24) is 4.72 Å². The van der Waals surface area contributed by atoms with E-state index in [0.29, 0.717) is 0 Å². The lowest BCUT2D eigenvalue weighted by Crippen LogP contribution is -2.36. The molecule has 0 heterocycles. The first-order valence-corrected chi connectivity index (χ1v) is 7.75. The lowest BCUT2D eigenvalue weighted by Gasteiger charge is -2.11. The number of hydrogen-bond donors (Lipinski definition) is 2. The van der Waals surface area contributed by atoms with E-state index in [0.717, 1.165) is 12.1 Å². The van der Waals surface area contributed by atoms with Crippen LogP contribution in [0.4, 0.5) is 4.39 Å². The molecule has 0 aromatic heterocycles. The number of para-hydroxylation sites is 1. The van der Waals surface area contributed by atoms with Gasteiger partial charge in [-0.1, -0.05) is 23.7 Å². The molecule has 1 amide bonds. The van der Waals surface area contributed by atoms with E-state index in [1.54, 1.807) is 10.8 Å². The van der Waals surface area contributed by atoms with E-state index in [4.69, 9.17) is 21.5 Å². The van der Waals surface area contributed by atoms with Crippen LogP contribution in [0.3, 0.4) is 0 Å². The smallest absolute Gasteiger partial charge is 0.298 e. The summed E-state index contributed by atoms with van der Waals surface area (Å²) in [4.78, 5) is 11.9. The minimum absolute atomic E-state index is 0.00153. The second kappa shape index (κ2) is 6.30. The van der Waals surface area contributed by atoms with Crippen molar-refractivity contribution in [3.63, 3.8) is 0 Å². The van der Waals surface area contributed by atoms with Crippen molar-refractivity contribution in [2.75, 3.05) is 0 Å². The van der Waals surface area contributed by atoms with Gasteiger partial charge in [-0.3, -0.25) is 4.79 Å². The Bertz CT molecular complexity index is 827. The van der Waals surface area contributed by atoms with E-state index in [9.17, 15) is 17.6 Å². The summed E-state index contributed by atoms with van der Waals surface area (Å²) in [5.74, 6) is -1.36. The van der Waals surface area contributed by atoms with Gasteiger partial charge in [0.1, 0.15) is 17.3 Å². The van der Waals surface area contributed by atoms with Gasteiger partial charge in [0.2, 0.25) is 0 Å². The van der Waals surface area contributed by atoms with E-state index in [1.165, 1.54) is 24.3 Å². The molecule has 2 rings (SSSR count). The maximum atomic E-state index is 13.0. The zero-order valence-corrected chi connectivity index (χ0v) is 12.5. The number of hydrogen-bond acceptors (Lipinski definition) is 4. The minimum atomic E-state index is -4.21. The summed E-state index contributed by atoms with van der Waals surface area (Å²) < 4.78 is 41.9. The van der Waals surface area contributed by atoms with Crippen LogP contribution in [-0.4, -0.2) is 14.3 Å². The molecule has 9 heteroatoms. The third-order valence-corrected chi connectivity index (χ3v) is 3.25. The largest absolute Gasteiger partial charge is 0.455 e. The van der Waals surface area contributed by atoms with Crippen LogP contribution in [0.1, 0.15) is 10.4 Å². The molecule has 0 aliphatic rings. The zero-order chi connectivity index (χ0) is 16.3. The number of rotatable bonds is 4. The Morgan fingerprint density at radius 3 is 2.50 bits per heavy atom. The van der Waals surface area contributed by atoms with Crippen LogP contribution in [0.15, 0.2) is 42.5 Å². The Morgan fingerprint density at radius 2 is 1.86 bits per heavy atom. The lowest BCUT2D eigenvalue weighted by atomic mass is 10.2. The highest BCUT2D eigenvalue weighted by atomic mass is 35.5. The minimum Gasteiger partial charge on any atom is -0.455 e. The number of ether oxygens (including phenoxy) is 1. The van der Waals surface area contributed by atoms with E-state index in [-0.39, 0.29) is 22.1 Å². The van der Waals surface area contributed by atoms with E-state index < -0.39 is 21.9 Å². The summed E-state index contributed by atoms with van der Waals surface area (Å²) in [5, 5.41) is 4.76. The van der Waals surface area contributed by atoms with E-state index in [2.05, 4.69) is 0 Å². The Hall–Kier alpha value is -2.16. The normalized spacial score (nSPS) is 11.0. The molecule has 0 atom stereocenters. The molecule has 0 unspecified atom stereocenters. The molecule has 2 aromatic rings. The second-order valence-electron chi connectivity index (χ2n) is 4.15. The molecule has 22 heavy (non-hydrogen) atoms. The SMILES string of the molecule is NS(=O)(=O)NC(=O)c1ccccc1Oc1ccc(F)cc1Cl. The molecule has 0 saturated heterocycles. The molecule has 2 aromatic carbocycles. The molecule has 0 bridgehead atoms. The number of nitrogens with one attached hydrogen (secondary N) is 1. The molecular weight excluding hydrogens is 335 g/mol. The molecule has 0 spiro atoms. The number of carbonyl (C=O) groups is 1. The van der Waals surface area contributed by atoms with Crippen molar-refractivity contribution >= 4 is 27.7 Å². The Labute approximate surface area is 130 Å². The van der Waals surface area contributed by atoms with Gasteiger partial charge >= 0.3 is 0 Å². The van der Waals surface area contributed by atoms with Gasteiger partial charge in [-0.15, -0.1) is 0 Å². The van der Waals surface area contributed by atoms with Gasteiger partial charge in [0.25, 0.3) is 16.1 Å². The average molecular weight is 345 g/mol. The number of halogens is 2. The van der Waals surface area contributed by atoms with Crippen molar-refractivity contribution in [3.8, 4) is 11.5 Å². The zero-order valence-electron chi connectivity index (χ0n) is 10.9. The molecule has 116 valence electrons. The van der Waals surface area contributed by atoms with Crippen LogP contribution in [0.5, 0.6) is 11.5 Å². The third-order valence-electron chi connectivity index (χ3n) is 2.48. The van der Waals surface area contributed by atoms with Gasteiger partial charge in [0, 0.05) is 0 Å². The van der Waals surface area contributed by atoms with Gasteiger partial charge in [-0.05, 0) is 30.3 Å². The van der Waals surface area contributed by atoms with Crippen molar-refractivity contribution < 1.29 is 22.3 Å². The highest BCUT2D eigenvalue weighted by molar-refractivity contribution is 7.87. The summed E-state index contributed by atoms with van der Waals surface area (Å²) in [6.07, 6.45) is 0. The molecular formula is C13H10ClFN2O4S. The first kappa shape index (κ1) is 16.2.